The summed E-state index contributed by atoms with van der Waals surface area (Å²) >= 11 is 0. The molecule has 1 aliphatic rings. The number of aromatic nitrogens is 2. The predicted octanol–water partition coefficient (Wildman–Crippen LogP) is 4.55. The van der Waals surface area contributed by atoms with Crippen molar-refractivity contribution in [1.29, 1.82) is 0 Å². The number of hydrogen-bond acceptors (Lipinski definition) is 2. The second kappa shape index (κ2) is 7.39. The second-order valence-corrected chi connectivity index (χ2v) is 7.32. The zero-order valence-corrected chi connectivity index (χ0v) is 15.9. The summed E-state index contributed by atoms with van der Waals surface area (Å²) < 4.78 is 1.80. The fourth-order valence-corrected chi connectivity index (χ4v) is 3.84. The summed E-state index contributed by atoms with van der Waals surface area (Å²) in [6, 6.07) is 16.5. The molecule has 4 nitrogen and oxygen atoms in total. The number of para-hydroxylation sites is 1. The molecule has 0 aliphatic heterocycles. The highest BCUT2D eigenvalue weighted by Gasteiger charge is 2.18. The third-order valence-corrected chi connectivity index (χ3v) is 5.48. The number of fused-ring (bicyclic) bond motifs is 1. The van der Waals surface area contributed by atoms with Crippen LogP contribution in [0, 0.1) is 6.92 Å². The van der Waals surface area contributed by atoms with E-state index < -0.39 is 0 Å². The van der Waals surface area contributed by atoms with E-state index in [9.17, 15) is 4.79 Å². The molecule has 1 aromatic heterocycles. The lowest BCUT2D eigenvalue weighted by Gasteiger charge is -2.20. The molecule has 27 heavy (non-hydrogen) atoms. The molecule has 3 aromatic rings. The van der Waals surface area contributed by atoms with Crippen LogP contribution in [0.1, 0.15) is 58.5 Å². The van der Waals surface area contributed by atoms with Gasteiger partial charge in [0.05, 0.1) is 29.2 Å². The van der Waals surface area contributed by atoms with Gasteiger partial charge in [0.2, 0.25) is 0 Å². The number of amides is 1. The van der Waals surface area contributed by atoms with Crippen molar-refractivity contribution in [3.05, 3.63) is 82.7 Å². The Balaban J connectivity index is 1.52. The number of aryl methyl sites for hydroxylation is 2. The van der Waals surface area contributed by atoms with Crippen molar-refractivity contribution in [2.75, 3.05) is 0 Å². The van der Waals surface area contributed by atoms with Gasteiger partial charge in [-0.15, -0.1) is 0 Å². The molecule has 0 spiro atoms. The largest absolute Gasteiger partial charge is 0.345 e. The van der Waals surface area contributed by atoms with Crippen molar-refractivity contribution in [3.63, 3.8) is 0 Å². The molecule has 2 aromatic carbocycles. The van der Waals surface area contributed by atoms with Gasteiger partial charge in [0, 0.05) is 0 Å². The Morgan fingerprint density at radius 2 is 1.81 bits per heavy atom. The van der Waals surface area contributed by atoms with Crippen LogP contribution in [-0.4, -0.2) is 15.7 Å². The SMILES string of the molecule is Cc1c(C(=O)NC(C)c2ccc3c(c2)CCCC3)cnn1-c1ccccc1. The molecular formula is C23H25N3O. The van der Waals surface area contributed by atoms with E-state index in [0.29, 0.717) is 5.56 Å². The Bertz CT molecular complexity index is 959. The fraction of sp³-hybridized carbons (Fsp3) is 0.304. The Hall–Kier alpha value is -2.88. The summed E-state index contributed by atoms with van der Waals surface area (Å²) in [7, 11) is 0. The van der Waals surface area contributed by atoms with Gasteiger partial charge >= 0.3 is 0 Å². The Labute approximate surface area is 160 Å². The number of carbonyl (C=O) groups excluding carboxylic acids is 1. The molecule has 1 unspecified atom stereocenters. The van der Waals surface area contributed by atoms with Crippen molar-refractivity contribution in [3.8, 4) is 5.69 Å². The number of rotatable bonds is 4. The quantitative estimate of drug-likeness (QED) is 0.743. The summed E-state index contributed by atoms with van der Waals surface area (Å²) in [4.78, 5) is 12.8. The minimum atomic E-state index is -0.0834. The molecule has 1 aliphatic carbocycles. The minimum Gasteiger partial charge on any atom is -0.345 e. The summed E-state index contributed by atoms with van der Waals surface area (Å²) in [5.41, 5.74) is 6.48. The average molecular weight is 359 g/mol. The van der Waals surface area contributed by atoms with Crippen LogP contribution in [0.25, 0.3) is 5.69 Å². The molecule has 0 saturated carbocycles. The third kappa shape index (κ3) is 3.52. The Morgan fingerprint density at radius 1 is 1.07 bits per heavy atom. The third-order valence-electron chi connectivity index (χ3n) is 5.48. The number of carbonyl (C=O) groups is 1. The Morgan fingerprint density at radius 3 is 2.59 bits per heavy atom. The second-order valence-electron chi connectivity index (χ2n) is 7.32. The first-order valence-corrected chi connectivity index (χ1v) is 9.66. The van der Waals surface area contributed by atoms with Gasteiger partial charge in [0.15, 0.2) is 0 Å². The monoisotopic (exact) mass is 359 g/mol. The van der Waals surface area contributed by atoms with Crippen LogP contribution in [0.2, 0.25) is 0 Å². The molecule has 1 amide bonds. The van der Waals surface area contributed by atoms with Gasteiger partial charge in [0.1, 0.15) is 0 Å². The maximum absolute atomic E-state index is 12.8. The van der Waals surface area contributed by atoms with Gasteiger partial charge in [-0.1, -0.05) is 36.4 Å². The first kappa shape index (κ1) is 17.5. The highest BCUT2D eigenvalue weighted by molar-refractivity contribution is 5.95. The molecule has 0 bridgehead atoms. The zero-order chi connectivity index (χ0) is 18.8. The van der Waals surface area contributed by atoms with Gasteiger partial charge in [-0.05, 0) is 68.4 Å². The summed E-state index contributed by atoms with van der Waals surface area (Å²) in [6.45, 7) is 3.97. The molecule has 0 radical (unpaired) electrons. The summed E-state index contributed by atoms with van der Waals surface area (Å²) in [6.07, 6.45) is 6.51. The minimum absolute atomic E-state index is 0.0378. The van der Waals surface area contributed by atoms with Crippen LogP contribution < -0.4 is 5.32 Å². The average Bonchev–Trinajstić information content (AvgIpc) is 3.09. The van der Waals surface area contributed by atoms with Crippen LogP contribution in [0.15, 0.2) is 54.7 Å². The maximum Gasteiger partial charge on any atom is 0.255 e. The van der Waals surface area contributed by atoms with Gasteiger partial charge in [-0.25, -0.2) is 4.68 Å². The van der Waals surface area contributed by atoms with Gasteiger partial charge in [-0.2, -0.15) is 5.10 Å². The summed E-state index contributed by atoms with van der Waals surface area (Å²) in [5.74, 6) is -0.0834. The molecule has 4 rings (SSSR count). The van der Waals surface area contributed by atoms with Crippen molar-refractivity contribution < 1.29 is 4.79 Å². The lowest BCUT2D eigenvalue weighted by Crippen LogP contribution is -2.27. The first-order chi connectivity index (χ1) is 13.1. The van der Waals surface area contributed by atoms with Gasteiger partial charge < -0.3 is 5.32 Å². The van der Waals surface area contributed by atoms with Crippen LogP contribution in [-0.2, 0) is 12.8 Å². The molecule has 1 N–H and O–H groups in total. The van der Waals surface area contributed by atoms with E-state index in [0.717, 1.165) is 23.4 Å². The summed E-state index contributed by atoms with van der Waals surface area (Å²) in [5, 5.41) is 7.53. The molecular weight excluding hydrogens is 334 g/mol. The number of hydrogen-bond donors (Lipinski definition) is 1. The predicted molar refractivity (Wildman–Crippen MR) is 107 cm³/mol. The van der Waals surface area contributed by atoms with E-state index in [1.54, 1.807) is 10.9 Å². The number of nitrogens with zero attached hydrogens (tertiary/aromatic N) is 2. The van der Waals surface area contributed by atoms with E-state index in [2.05, 4.69) is 28.6 Å². The van der Waals surface area contributed by atoms with E-state index in [1.165, 1.54) is 30.4 Å². The molecule has 138 valence electrons. The normalized spacial score (nSPS) is 14.4. The van der Waals surface area contributed by atoms with Crippen LogP contribution >= 0.6 is 0 Å². The maximum atomic E-state index is 12.8. The lowest BCUT2D eigenvalue weighted by atomic mass is 9.89. The van der Waals surface area contributed by atoms with Crippen molar-refractivity contribution >= 4 is 5.91 Å². The van der Waals surface area contributed by atoms with E-state index in [-0.39, 0.29) is 11.9 Å². The van der Waals surface area contributed by atoms with E-state index in [1.807, 2.05) is 44.2 Å². The van der Waals surface area contributed by atoms with Crippen molar-refractivity contribution in [2.45, 2.75) is 45.6 Å². The first-order valence-electron chi connectivity index (χ1n) is 9.66. The molecule has 0 saturated heterocycles. The fourth-order valence-electron chi connectivity index (χ4n) is 3.84. The number of nitrogens with one attached hydrogen (secondary N) is 1. The van der Waals surface area contributed by atoms with E-state index >= 15 is 0 Å². The smallest absolute Gasteiger partial charge is 0.255 e. The topological polar surface area (TPSA) is 46.9 Å². The highest BCUT2D eigenvalue weighted by atomic mass is 16.1. The van der Waals surface area contributed by atoms with Crippen LogP contribution in [0.5, 0.6) is 0 Å². The van der Waals surface area contributed by atoms with Crippen LogP contribution in [0.4, 0.5) is 0 Å². The van der Waals surface area contributed by atoms with Crippen molar-refractivity contribution in [1.82, 2.24) is 15.1 Å². The van der Waals surface area contributed by atoms with Crippen LogP contribution in [0.3, 0.4) is 0 Å². The Kier molecular flexibility index (Phi) is 4.80. The zero-order valence-electron chi connectivity index (χ0n) is 15.9. The standard InChI is InChI=1S/C23H25N3O/c1-16(19-13-12-18-8-6-7-9-20(18)14-19)25-23(27)22-15-24-26(17(22)2)21-10-4-3-5-11-21/h3-5,10-16H,6-9H2,1-2H3,(H,25,27). The van der Waals surface area contributed by atoms with Gasteiger partial charge in [0.25, 0.3) is 5.91 Å². The number of benzene rings is 2. The van der Waals surface area contributed by atoms with E-state index in [4.69, 9.17) is 0 Å². The molecule has 1 heterocycles. The van der Waals surface area contributed by atoms with Gasteiger partial charge in [-0.3, -0.25) is 4.79 Å². The molecule has 0 fully saturated rings. The van der Waals surface area contributed by atoms with Crippen molar-refractivity contribution in [2.24, 2.45) is 0 Å². The molecule has 4 heteroatoms. The molecule has 1 atom stereocenters. The highest BCUT2D eigenvalue weighted by Crippen LogP contribution is 2.25. The lowest BCUT2D eigenvalue weighted by molar-refractivity contribution is 0.0939.